The quantitative estimate of drug-likeness (QED) is 0.580. The van der Waals surface area contributed by atoms with Gasteiger partial charge in [-0.25, -0.2) is 13.4 Å². The number of carbonyl (C=O) groups is 1. The molecule has 13 heavy (non-hydrogen) atoms. The molecule has 0 saturated heterocycles. The number of halogens is 2. The maximum absolute atomic E-state index is 10.8. The fraction of sp³-hybridized carbons (Fsp3) is 0. The van der Waals surface area contributed by atoms with Gasteiger partial charge in [0, 0.05) is 15.7 Å². The van der Waals surface area contributed by atoms with Crippen molar-refractivity contribution in [2.75, 3.05) is 0 Å². The van der Waals surface area contributed by atoms with Gasteiger partial charge < -0.3 is 0 Å². The van der Waals surface area contributed by atoms with Gasteiger partial charge in [0.05, 0.1) is 0 Å². The molecule has 0 aromatic carbocycles. The zero-order valence-electron chi connectivity index (χ0n) is 6.07. The van der Waals surface area contributed by atoms with E-state index in [4.69, 9.17) is 22.3 Å². The summed E-state index contributed by atoms with van der Waals surface area (Å²) in [5, 5.41) is -0.333. The zero-order chi connectivity index (χ0) is 10.1. The maximum atomic E-state index is 10.8. The van der Waals surface area contributed by atoms with Gasteiger partial charge in [0.1, 0.15) is 5.69 Å². The second kappa shape index (κ2) is 3.61. The second-order valence-corrected chi connectivity index (χ2v) is 5.05. The van der Waals surface area contributed by atoms with Crippen molar-refractivity contribution in [2.45, 2.75) is 5.03 Å². The highest BCUT2D eigenvalue weighted by atomic mass is 35.7. The summed E-state index contributed by atoms with van der Waals surface area (Å²) < 4.78 is 21.6. The molecule has 1 aromatic heterocycles. The predicted molar refractivity (Wildman–Crippen MR) is 47.7 cm³/mol. The third-order valence-electron chi connectivity index (χ3n) is 1.16. The Morgan fingerprint density at radius 1 is 1.38 bits per heavy atom. The summed E-state index contributed by atoms with van der Waals surface area (Å²) in [5.74, 6) is 0. The van der Waals surface area contributed by atoms with Crippen molar-refractivity contribution in [1.29, 1.82) is 0 Å². The van der Waals surface area contributed by atoms with Crippen molar-refractivity contribution in [1.82, 2.24) is 4.98 Å². The van der Waals surface area contributed by atoms with Crippen LogP contribution in [0, 0.1) is 0 Å². The fourth-order valence-electron chi connectivity index (χ4n) is 0.678. The number of hydrogen-bond donors (Lipinski definition) is 0. The molecule has 70 valence electrons. The Hall–Kier alpha value is -0.650. The highest BCUT2D eigenvalue weighted by Crippen LogP contribution is 2.17. The molecule has 0 bridgehead atoms. The maximum Gasteiger partial charge on any atom is 0.278 e. The van der Waals surface area contributed by atoms with Crippen LogP contribution < -0.4 is 0 Å². The average molecular weight is 240 g/mol. The van der Waals surface area contributed by atoms with Gasteiger partial charge in [0.15, 0.2) is 11.3 Å². The van der Waals surface area contributed by atoms with Gasteiger partial charge in [-0.3, -0.25) is 4.79 Å². The van der Waals surface area contributed by atoms with E-state index in [0.29, 0.717) is 6.29 Å². The van der Waals surface area contributed by atoms with E-state index in [1.807, 2.05) is 0 Å². The molecule has 0 fully saturated rings. The Bertz CT molecular complexity index is 443. The van der Waals surface area contributed by atoms with Crippen LogP contribution in [-0.4, -0.2) is 19.7 Å². The molecule has 0 spiro atoms. The number of aldehydes is 1. The standard InChI is InChI=1S/C6H3Cl2NO3S/c7-4-1-5(3-10)9-6(2-4)13(8,11)12/h1-3H. The molecule has 0 radical (unpaired) electrons. The predicted octanol–water partition coefficient (Wildman–Crippen LogP) is 1.47. The van der Waals surface area contributed by atoms with Crippen LogP contribution in [0.25, 0.3) is 0 Å². The molecule has 0 N–H and O–H groups in total. The van der Waals surface area contributed by atoms with E-state index in [1.165, 1.54) is 6.07 Å². The van der Waals surface area contributed by atoms with Crippen LogP contribution >= 0.6 is 22.3 Å². The van der Waals surface area contributed by atoms with Crippen molar-refractivity contribution in [2.24, 2.45) is 0 Å². The number of nitrogens with zero attached hydrogens (tertiary/aromatic N) is 1. The molecule has 0 saturated carbocycles. The lowest BCUT2D eigenvalue weighted by Crippen LogP contribution is -1.98. The number of carbonyl (C=O) groups excluding carboxylic acids is 1. The van der Waals surface area contributed by atoms with Gasteiger partial charge >= 0.3 is 0 Å². The van der Waals surface area contributed by atoms with Gasteiger partial charge in [-0.15, -0.1) is 0 Å². The first-order chi connectivity index (χ1) is 5.93. The van der Waals surface area contributed by atoms with Crippen LogP contribution in [0.15, 0.2) is 17.2 Å². The Labute approximate surface area is 83.9 Å². The van der Waals surface area contributed by atoms with Crippen molar-refractivity contribution in [3.8, 4) is 0 Å². The molecule has 0 aliphatic heterocycles. The molecule has 1 heterocycles. The van der Waals surface area contributed by atoms with Crippen LogP contribution in [0.4, 0.5) is 0 Å². The largest absolute Gasteiger partial charge is 0.296 e. The van der Waals surface area contributed by atoms with Crippen LogP contribution in [-0.2, 0) is 9.05 Å². The topological polar surface area (TPSA) is 64.1 Å². The van der Waals surface area contributed by atoms with Crippen molar-refractivity contribution < 1.29 is 13.2 Å². The third-order valence-corrected chi connectivity index (χ3v) is 2.56. The van der Waals surface area contributed by atoms with E-state index in [0.717, 1.165) is 6.07 Å². The summed E-state index contributed by atoms with van der Waals surface area (Å²) in [7, 11) is 1.05. The molecular weight excluding hydrogens is 237 g/mol. The highest BCUT2D eigenvalue weighted by Gasteiger charge is 2.13. The van der Waals surface area contributed by atoms with E-state index in [9.17, 15) is 13.2 Å². The molecule has 0 unspecified atom stereocenters. The summed E-state index contributed by atoms with van der Waals surface area (Å²) in [6.07, 6.45) is 0.386. The first kappa shape index (κ1) is 10.4. The van der Waals surface area contributed by atoms with E-state index in [2.05, 4.69) is 4.98 Å². The number of pyridine rings is 1. The number of rotatable bonds is 2. The SMILES string of the molecule is O=Cc1cc(Cl)cc(S(=O)(=O)Cl)n1. The first-order valence-electron chi connectivity index (χ1n) is 3.01. The Morgan fingerprint density at radius 2 is 2.00 bits per heavy atom. The van der Waals surface area contributed by atoms with Gasteiger partial charge in [-0.2, -0.15) is 0 Å². The Morgan fingerprint density at radius 3 is 2.46 bits per heavy atom. The lowest BCUT2D eigenvalue weighted by Gasteiger charge is -1.97. The molecular formula is C6H3Cl2NO3S. The van der Waals surface area contributed by atoms with Crippen LogP contribution in [0.2, 0.25) is 5.02 Å². The van der Waals surface area contributed by atoms with Gasteiger partial charge in [-0.05, 0) is 12.1 Å². The zero-order valence-corrected chi connectivity index (χ0v) is 8.40. The van der Waals surface area contributed by atoms with Gasteiger partial charge in [0.25, 0.3) is 9.05 Å². The van der Waals surface area contributed by atoms with E-state index in [1.54, 1.807) is 0 Å². The first-order valence-corrected chi connectivity index (χ1v) is 5.69. The minimum Gasteiger partial charge on any atom is -0.296 e. The van der Waals surface area contributed by atoms with Crippen LogP contribution in [0.5, 0.6) is 0 Å². The highest BCUT2D eigenvalue weighted by molar-refractivity contribution is 8.13. The van der Waals surface area contributed by atoms with Gasteiger partial charge in [-0.1, -0.05) is 11.6 Å². The second-order valence-electron chi connectivity index (χ2n) is 2.10. The lowest BCUT2D eigenvalue weighted by molar-refractivity contribution is 0.111. The van der Waals surface area contributed by atoms with E-state index in [-0.39, 0.29) is 10.7 Å². The van der Waals surface area contributed by atoms with Crippen molar-refractivity contribution in [3.05, 3.63) is 22.8 Å². The monoisotopic (exact) mass is 239 g/mol. The van der Waals surface area contributed by atoms with Crippen molar-refractivity contribution in [3.63, 3.8) is 0 Å². The normalized spacial score (nSPS) is 11.2. The summed E-state index contributed by atoms with van der Waals surface area (Å²) in [4.78, 5) is 13.7. The Kier molecular flexibility index (Phi) is 2.90. The number of hydrogen-bond acceptors (Lipinski definition) is 4. The molecule has 4 nitrogen and oxygen atoms in total. The summed E-state index contributed by atoms with van der Waals surface area (Å²) >= 11 is 5.51. The molecule has 0 aliphatic carbocycles. The van der Waals surface area contributed by atoms with Gasteiger partial charge in [0.2, 0.25) is 0 Å². The Balaban J connectivity index is 3.41. The minimum absolute atomic E-state index is 0.0771. The summed E-state index contributed by atoms with van der Waals surface area (Å²) in [5.41, 5.74) is -0.0771. The van der Waals surface area contributed by atoms with Crippen LogP contribution in [0.3, 0.4) is 0 Å². The molecule has 7 heteroatoms. The molecule has 0 atom stereocenters. The average Bonchev–Trinajstić information content (AvgIpc) is 2.01. The molecule has 1 rings (SSSR count). The van der Waals surface area contributed by atoms with Crippen LogP contribution in [0.1, 0.15) is 10.5 Å². The molecule has 1 aromatic rings. The van der Waals surface area contributed by atoms with E-state index < -0.39 is 14.1 Å². The van der Waals surface area contributed by atoms with Crippen molar-refractivity contribution >= 4 is 37.6 Å². The minimum atomic E-state index is -3.94. The van der Waals surface area contributed by atoms with E-state index >= 15 is 0 Å². The molecule has 0 aliphatic rings. The third kappa shape index (κ3) is 2.65. The summed E-state index contributed by atoms with van der Waals surface area (Å²) in [6, 6.07) is 2.30. The molecule has 0 amide bonds. The number of aromatic nitrogens is 1. The lowest BCUT2D eigenvalue weighted by atomic mass is 10.4. The fourth-order valence-corrected chi connectivity index (χ4v) is 1.68. The smallest absolute Gasteiger partial charge is 0.278 e. The summed E-state index contributed by atoms with van der Waals surface area (Å²) in [6.45, 7) is 0.